The molecule has 0 radical (unpaired) electrons. The molecule has 1 aromatic carbocycles. The van der Waals surface area contributed by atoms with E-state index in [1.165, 1.54) is 19.2 Å². The number of aliphatic hydroxyl groups is 1. The van der Waals surface area contributed by atoms with Gasteiger partial charge in [0.25, 0.3) is 5.95 Å². The summed E-state index contributed by atoms with van der Waals surface area (Å²) in [5.74, 6) is -0.631. The Kier molecular flexibility index (Phi) is 3.14. The zero-order valence-electron chi connectivity index (χ0n) is 7.54. The van der Waals surface area contributed by atoms with Crippen LogP contribution in [-0.4, -0.2) is 20.6 Å². The van der Waals surface area contributed by atoms with Crippen molar-refractivity contribution in [2.45, 2.75) is 4.90 Å². The molecule has 5 heteroatoms. The first-order valence-electron chi connectivity index (χ1n) is 3.81. The molecule has 0 saturated heterocycles. The average Bonchev–Trinajstić information content (AvgIpc) is 2.18. The standard InChI is InChI=1S/C9H10O4S/c1-13-9(10)7-14(11,12)8-5-3-2-4-6-8/h2-7,10H,1H3. The van der Waals surface area contributed by atoms with E-state index in [4.69, 9.17) is 5.11 Å². The molecule has 0 aliphatic rings. The summed E-state index contributed by atoms with van der Waals surface area (Å²) in [5, 5.41) is 9.58. The highest BCUT2D eigenvalue weighted by Crippen LogP contribution is 2.12. The van der Waals surface area contributed by atoms with Gasteiger partial charge in [-0.1, -0.05) is 18.2 Å². The quantitative estimate of drug-likeness (QED) is 0.774. The summed E-state index contributed by atoms with van der Waals surface area (Å²) in [4.78, 5) is 0.114. The zero-order valence-corrected chi connectivity index (χ0v) is 8.36. The number of sulfone groups is 1. The van der Waals surface area contributed by atoms with E-state index in [0.717, 1.165) is 0 Å². The number of aliphatic hydroxyl groups excluding tert-OH is 1. The first kappa shape index (κ1) is 10.6. The third kappa shape index (κ3) is 2.50. The maximum absolute atomic E-state index is 11.5. The fourth-order valence-electron chi connectivity index (χ4n) is 0.859. The van der Waals surface area contributed by atoms with Crippen molar-refractivity contribution in [3.63, 3.8) is 0 Å². The molecule has 0 bridgehead atoms. The topological polar surface area (TPSA) is 63.6 Å². The van der Waals surface area contributed by atoms with Gasteiger partial charge in [0.15, 0.2) is 0 Å². The van der Waals surface area contributed by atoms with E-state index >= 15 is 0 Å². The van der Waals surface area contributed by atoms with Gasteiger partial charge in [0.2, 0.25) is 9.84 Å². The van der Waals surface area contributed by atoms with E-state index in [1.807, 2.05) is 0 Å². The van der Waals surface area contributed by atoms with Crippen LogP contribution in [0.15, 0.2) is 46.6 Å². The van der Waals surface area contributed by atoms with Gasteiger partial charge in [-0.15, -0.1) is 0 Å². The van der Waals surface area contributed by atoms with Crippen molar-refractivity contribution >= 4 is 9.84 Å². The van der Waals surface area contributed by atoms with E-state index in [0.29, 0.717) is 5.41 Å². The number of ether oxygens (including phenoxy) is 1. The predicted molar refractivity (Wildman–Crippen MR) is 51.3 cm³/mol. The van der Waals surface area contributed by atoms with E-state index in [1.54, 1.807) is 18.2 Å². The lowest BCUT2D eigenvalue weighted by atomic mass is 10.4. The first-order valence-corrected chi connectivity index (χ1v) is 5.35. The van der Waals surface area contributed by atoms with Gasteiger partial charge in [-0.25, -0.2) is 8.42 Å². The van der Waals surface area contributed by atoms with Crippen LogP contribution in [0.3, 0.4) is 0 Å². The predicted octanol–water partition coefficient (Wildman–Crippen LogP) is 1.46. The second-order valence-electron chi connectivity index (χ2n) is 2.52. The van der Waals surface area contributed by atoms with E-state index in [2.05, 4.69) is 4.74 Å². The van der Waals surface area contributed by atoms with Crippen molar-refractivity contribution in [3.8, 4) is 0 Å². The van der Waals surface area contributed by atoms with Crippen LogP contribution in [0.25, 0.3) is 0 Å². The number of methoxy groups -OCH3 is 1. The molecule has 0 aliphatic carbocycles. The Labute approximate surface area is 82.4 Å². The molecule has 0 atom stereocenters. The maximum atomic E-state index is 11.5. The number of rotatable bonds is 3. The molecule has 0 amide bonds. The minimum Gasteiger partial charge on any atom is -0.480 e. The van der Waals surface area contributed by atoms with E-state index in [-0.39, 0.29) is 4.90 Å². The average molecular weight is 214 g/mol. The van der Waals surface area contributed by atoms with Gasteiger partial charge in [-0.3, -0.25) is 0 Å². The molecular weight excluding hydrogens is 204 g/mol. The lowest BCUT2D eigenvalue weighted by Crippen LogP contribution is -1.98. The molecule has 0 unspecified atom stereocenters. The molecule has 0 fully saturated rings. The maximum Gasteiger partial charge on any atom is 0.288 e. The van der Waals surface area contributed by atoms with Crippen molar-refractivity contribution in [2.75, 3.05) is 7.11 Å². The molecule has 0 heterocycles. The monoisotopic (exact) mass is 214 g/mol. The lowest BCUT2D eigenvalue weighted by molar-refractivity contribution is 0.137. The molecule has 1 N–H and O–H groups in total. The molecule has 1 rings (SSSR count). The SMILES string of the molecule is COC(O)=CS(=O)(=O)c1ccccc1. The second kappa shape index (κ2) is 4.15. The van der Waals surface area contributed by atoms with Crippen molar-refractivity contribution in [2.24, 2.45) is 0 Å². The van der Waals surface area contributed by atoms with Crippen LogP contribution in [0.4, 0.5) is 0 Å². The molecule has 4 nitrogen and oxygen atoms in total. The Bertz CT molecular complexity index is 419. The highest BCUT2D eigenvalue weighted by atomic mass is 32.2. The smallest absolute Gasteiger partial charge is 0.288 e. The summed E-state index contributed by atoms with van der Waals surface area (Å²) in [7, 11) is -2.42. The minimum absolute atomic E-state index is 0.114. The molecule has 76 valence electrons. The molecule has 0 spiro atoms. The largest absolute Gasteiger partial charge is 0.480 e. The summed E-state index contributed by atoms with van der Waals surface area (Å²) in [5.41, 5.74) is 0. The number of hydrogen-bond acceptors (Lipinski definition) is 4. The molecule has 0 saturated carbocycles. The van der Waals surface area contributed by atoms with Crippen LogP contribution in [-0.2, 0) is 14.6 Å². The van der Waals surface area contributed by atoms with Gasteiger partial charge < -0.3 is 9.84 Å². The van der Waals surface area contributed by atoms with Gasteiger partial charge in [0.1, 0.15) is 5.41 Å². The highest BCUT2D eigenvalue weighted by molar-refractivity contribution is 7.94. The number of hydrogen-bond donors (Lipinski definition) is 1. The van der Waals surface area contributed by atoms with Gasteiger partial charge in [-0.05, 0) is 12.1 Å². The Morgan fingerprint density at radius 2 is 1.93 bits per heavy atom. The summed E-state index contributed by atoms with van der Waals surface area (Å²) in [6.45, 7) is 0. The Hall–Kier alpha value is -1.49. The highest BCUT2D eigenvalue weighted by Gasteiger charge is 2.11. The van der Waals surface area contributed by atoms with Crippen molar-refractivity contribution in [3.05, 3.63) is 41.7 Å². The fraction of sp³-hybridized carbons (Fsp3) is 0.111. The van der Waals surface area contributed by atoms with Gasteiger partial charge >= 0.3 is 0 Å². The third-order valence-corrected chi connectivity index (χ3v) is 2.98. The Morgan fingerprint density at radius 3 is 2.43 bits per heavy atom. The molecule has 0 aromatic heterocycles. The van der Waals surface area contributed by atoms with Gasteiger partial charge in [0, 0.05) is 0 Å². The summed E-state index contributed by atoms with van der Waals surface area (Å²) in [6.07, 6.45) is 0. The van der Waals surface area contributed by atoms with Crippen molar-refractivity contribution in [1.82, 2.24) is 0 Å². The second-order valence-corrected chi connectivity index (χ2v) is 4.32. The van der Waals surface area contributed by atoms with E-state index < -0.39 is 15.8 Å². The molecule has 0 aliphatic heterocycles. The third-order valence-electron chi connectivity index (χ3n) is 1.54. The molecular formula is C9H10O4S. The lowest BCUT2D eigenvalue weighted by Gasteiger charge is -1.99. The van der Waals surface area contributed by atoms with Crippen LogP contribution in [0, 0.1) is 0 Å². The van der Waals surface area contributed by atoms with E-state index in [9.17, 15) is 8.42 Å². The summed E-state index contributed by atoms with van der Waals surface area (Å²) in [6, 6.07) is 7.79. The Balaban J connectivity index is 3.11. The fourth-order valence-corrected chi connectivity index (χ4v) is 1.89. The zero-order chi connectivity index (χ0) is 10.6. The summed E-state index contributed by atoms with van der Waals surface area (Å²) < 4.78 is 27.3. The van der Waals surface area contributed by atoms with Gasteiger partial charge in [-0.2, -0.15) is 0 Å². The van der Waals surface area contributed by atoms with Crippen LogP contribution in [0.5, 0.6) is 0 Å². The van der Waals surface area contributed by atoms with Crippen LogP contribution >= 0.6 is 0 Å². The first-order chi connectivity index (χ1) is 6.56. The molecule has 14 heavy (non-hydrogen) atoms. The van der Waals surface area contributed by atoms with Crippen molar-refractivity contribution < 1.29 is 18.3 Å². The van der Waals surface area contributed by atoms with Crippen LogP contribution in [0.2, 0.25) is 0 Å². The van der Waals surface area contributed by atoms with Gasteiger partial charge in [0.05, 0.1) is 12.0 Å². The van der Waals surface area contributed by atoms with Crippen molar-refractivity contribution in [1.29, 1.82) is 0 Å². The molecule has 1 aromatic rings. The Morgan fingerprint density at radius 1 is 1.36 bits per heavy atom. The number of benzene rings is 1. The van der Waals surface area contributed by atoms with Crippen LogP contribution in [0.1, 0.15) is 0 Å². The minimum atomic E-state index is -3.61. The van der Waals surface area contributed by atoms with Crippen LogP contribution < -0.4 is 0 Å². The normalized spacial score (nSPS) is 12.5. The summed E-state index contributed by atoms with van der Waals surface area (Å²) >= 11 is 0.